The van der Waals surface area contributed by atoms with Crippen LogP contribution >= 0.6 is 0 Å². The molecule has 2 aromatic rings. The highest BCUT2D eigenvalue weighted by molar-refractivity contribution is 6.46. The summed E-state index contributed by atoms with van der Waals surface area (Å²) in [7, 11) is 1.59. The molecule has 0 radical (unpaired) electrons. The highest BCUT2D eigenvalue weighted by Gasteiger charge is 2.46. The van der Waals surface area contributed by atoms with Crippen molar-refractivity contribution in [2.45, 2.75) is 53.0 Å². The summed E-state index contributed by atoms with van der Waals surface area (Å²) in [5, 5.41) is 11.5. The summed E-state index contributed by atoms with van der Waals surface area (Å²) < 4.78 is 5.30. The molecular weight excluding hydrogens is 440 g/mol. The number of ketones is 1. The first-order chi connectivity index (χ1) is 16.5. The zero-order valence-corrected chi connectivity index (χ0v) is 22.0. The van der Waals surface area contributed by atoms with E-state index in [0.717, 1.165) is 29.8 Å². The summed E-state index contributed by atoms with van der Waals surface area (Å²) in [6, 6.07) is 12.6. The number of ether oxygens (including phenoxy) is 1. The number of Topliss-reactive ketones (excluding diaryl/α,β-unsaturated/α-hetero) is 1. The number of likely N-dealkylation sites (tertiary alicyclic amines) is 1. The number of carbonyl (C=O) groups excluding carboxylic acids is 2. The van der Waals surface area contributed by atoms with Gasteiger partial charge < -0.3 is 19.6 Å². The molecule has 0 aliphatic carbocycles. The minimum absolute atomic E-state index is 0.127. The quantitative estimate of drug-likeness (QED) is 0.326. The van der Waals surface area contributed by atoms with Gasteiger partial charge in [-0.15, -0.1) is 0 Å². The third kappa shape index (κ3) is 5.43. The summed E-state index contributed by atoms with van der Waals surface area (Å²) in [5.41, 5.74) is 3.23. The number of amides is 1. The van der Waals surface area contributed by atoms with Crippen molar-refractivity contribution in [2.75, 3.05) is 33.3 Å². The lowest BCUT2D eigenvalue weighted by Crippen LogP contribution is -2.38. The maximum atomic E-state index is 13.4. The molecule has 1 aliphatic rings. The second kappa shape index (κ2) is 10.6. The van der Waals surface area contributed by atoms with Crippen molar-refractivity contribution in [1.29, 1.82) is 0 Å². The lowest BCUT2D eigenvalue weighted by atomic mass is 9.84. The van der Waals surface area contributed by atoms with Crippen molar-refractivity contribution in [2.24, 2.45) is 0 Å². The van der Waals surface area contributed by atoms with Crippen molar-refractivity contribution < 1.29 is 19.4 Å². The van der Waals surface area contributed by atoms with Gasteiger partial charge in [0.1, 0.15) is 11.5 Å². The molecule has 0 bridgehead atoms. The predicted octanol–water partition coefficient (Wildman–Crippen LogP) is 5.06. The molecule has 0 saturated carbocycles. The highest BCUT2D eigenvalue weighted by Crippen LogP contribution is 2.40. The van der Waals surface area contributed by atoms with Crippen LogP contribution in [0.1, 0.15) is 62.9 Å². The molecule has 1 unspecified atom stereocenters. The number of aliphatic hydroxyl groups is 1. The molecule has 1 saturated heterocycles. The van der Waals surface area contributed by atoms with Crippen molar-refractivity contribution in [3.63, 3.8) is 0 Å². The zero-order chi connectivity index (χ0) is 25.9. The average molecular weight is 479 g/mol. The number of methoxy groups -OCH3 is 1. The third-order valence-electron chi connectivity index (χ3n) is 6.88. The Morgan fingerprint density at radius 1 is 1.06 bits per heavy atom. The molecule has 1 amide bonds. The van der Waals surface area contributed by atoms with E-state index in [9.17, 15) is 14.7 Å². The lowest BCUT2D eigenvalue weighted by Gasteiger charge is -2.28. The Bertz CT molecular complexity index is 1110. The van der Waals surface area contributed by atoms with Crippen LogP contribution in [0.25, 0.3) is 5.76 Å². The van der Waals surface area contributed by atoms with Gasteiger partial charge in [-0.3, -0.25) is 9.59 Å². The number of nitrogens with zero attached hydrogens (tertiary/aromatic N) is 2. The zero-order valence-electron chi connectivity index (χ0n) is 22.0. The Kier molecular flexibility index (Phi) is 8.06. The SMILES string of the molecule is CCN(CC)CCN1C(=O)C(=O)/C(=C(/O)c2cc(C(C)(C)C)ccc2C)C1c1ccc(OC)cc1. The minimum atomic E-state index is -0.672. The summed E-state index contributed by atoms with van der Waals surface area (Å²) in [4.78, 5) is 30.4. The molecule has 0 aromatic heterocycles. The fourth-order valence-electron chi connectivity index (χ4n) is 4.52. The number of benzene rings is 2. The molecule has 1 fully saturated rings. The Hall–Kier alpha value is -3.12. The molecule has 6 nitrogen and oxygen atoms in total. The average Bonchev–Trinajstić information content (AvgIpc) is 3.08. The number of carbonyl (C=O) groups is 2. The van der Waals surface area contributed by atoms with Crippen LogP contribution in [0.3, 0.4) is 0 Å². The van der Waals surface area contributed by atoms with E-state index in [4.69, 9.17) is 4.74 Å². The molecule has 188 valence electrons. The van der Waals surface area contributed by atoms with Gasteiger partial charge in [0, 0.05) is 18.7 Å². The van der Waals surface area contributed by atoms with Crippen LogP contribution in [0, 0.1) is 6.92 Å². The van der Waals surface area contributed by atoms with Crippen LogP contribution in [0.15, 0.2) is 48.0 Å². The largest absolute Gasteiger partial charge is 0.507 e. The van der Waals surface area contributed by atoms with Crippen LogP contribution in [0.4, 0.5) is 0 Å². The first-order valence-corrected chi connectivity index (χ1v) is 12.3. The molecule has 1 aliphatic heterocycles. The summed E-state index contributed by atoms with van der Waals surface area (Å²) in [6.45, 7) is 15.1. The normalized spacial score (nSPS) is 17.9. The van der Waals surface area contributed by atoms with Crippen molar-refractivity contribution in [3.8, 4) is 5.75 Å². The predicted molar refractivity (Wildman–Crippen MR) is 140 cm³/mol. The van der Waals surface area contributed by atoms with E-state index >= 15 is 0 Å². The van der Waals surface area contributed by atoms with Crippen LogP contribution in [-0.4, -0.2) is 59.9 Å². The number of aryl methyl sites for hydroxylation is 1. The van der Waals surface area contributed by atoms with Crippen LogP contribution in [0.2, 0.25) is 0 Å². The van der Waals surface area contributed by atoms with Crippen LogP contribution < -0.4 is 4.74 Å². The second-order valence-corrected chi connectivity index (χ2v) is 10.1. The van der Waals surface area contributed by atoms with Gasteiger partial charge in [-0.1, -0.05) is 58.9 Å². The lowest BCUT2D eigenvalue weighted by molar-refractivity contribution is -0.140. The molecule has 1 N–H and O–H groups in total. The van der Waals surface area contributed by atoms with Crippen LogP contribution in [-0.2, 0) is 15.0 Å². The number of aliphatic hydroxyl groups excluding tert-OH is 1. The van der Waals surface area contributed by atoms with Gasteiger partial charge in [-0.05, 0) is 60.3 Å². The summed E-state index contributed by atoms with van der Waals surface area (Å²) >= 11 is 0. The number of likely N-dealkylation sites (N-methyl/N-ethyl adjacent to an activating group) is 1. The third-order valence-corrected chi connectivity index (χ3v) is 6.88. The fraction of sp³-hybridized carbons (Fsp3) is 0.448. The van der Waals surface area contributed by atoms with Crippen molar-refractivity contribution in [1.82, 2.24) is 9.80 Å². The van der Waals surface area contributed by atoms with Crippen molar-refractivity contribution >= 4 is 17.4 Å². The van der Waals surface area contributed by atoms with Gasteiger partial charge in [0.2, 0.25) is 0 Å². The molecular formula is C29H38N2O4. The number of hydrogen-bond acceptors (Lipinski definition) is 5. The Labute approximate surface area is 209 Å². The maximum absolute atomic E-state index is 13.4. The van der Waals surface area contributed by atoms with E-state index in [2.05, 4.69) is 39.5 Å². The van der Waals surface area contributed by atoms with E-state index in [1.54, 1.807) is 12.0 Å². The van der Waals surface area contributed by atoms with E-state index < -0.39 is 17.7 Å². The highest BCUT2D eigenvalue weighted by atomic mass is 16.5. The van der Waals surface area contributed by atoms with Crippen molar-refractivity contribution in [3.05, 3.63) is 70.3 Å². The number of rotatable bonds is 8. The molecule has 0 spiro atoms. The van der Waals surface area contributed by atoms with E-state index in [1.165, 1.54) is 0 Å². The van der Waals surface area contributed by atoms with Gasteiger partial charge >= 0.3 is 0 Å². The minimum Gasteiger partial charge on any atom is -0.507 e. The monoisotopic (exact) mass is 478 g/mol. The van der Waals surface area contributed by atoms with E-state index in [1.807, 2.05) is 49.4 Å². The molecule has 1 heterocycles. The molecule has 35 heavy (non-hydrogen) atoms. The molecule has 1 atom stereocenters. The van der Waals surface area contributed by atoms with Gasteiger partial charge in [-0.2, -0.15) is 0 Å². The molecule has 6 heteroatoms. The van der Waals surface area contributed by atoms with E-state index in [-0.39, 0.29) is 16.7 Å². The summed E-state index contributed by atoms with van der Waals surface area (Å²) in [6.07, 6.45) is 0. The standard InChI is InChI=1S/C29H38N2O4/c1-8-30(9-2)16-17-31-25(20-11-14-22(35-7)15-12-20)24(27(33)28(31)34)26(32)23-18-21(29(4,5)6)13-10-19(23)3/h10-15,18,25,32H,8-9,16-17H2,1-7H3/b26-24+. The smallest absolute Gasteiger partial charge is 0.295 e. The molecule has 2 aromatic carbocycles. The maximum Gasteiger partial charge on any atom is 0.295 e. The van der Waals surface area contributed by atoms with Gasteiger partial charge in [0.05, 0.1) is 18.7 Å². The second-order valence-electron chi connectivity index (χ2n) is 10.1. The Morgan fingerprint density at radius 3 is 2.23 bits per heavy atom. The van der Waals surface area contributed by atoms with Gasteiger partial charge in [0.15, 0.2) is 0 Å². The number of hydrogen-bond donors (Lipinski definition) is 1. The fourth-order valence-corrected chi connectivity index (χ4v) is 4.52. The van der Waals surface area contributed by atoms with Gasteiger partial charge in [0.25, 0.3) is 11.7 Å². The first-order valence-electron chi connectivity index (χ1n) is 12.3. The van der Waals surface area contributed by atoms with Gasteiger partial charge in [-0.25, -0.2) is 0 Å². The van der Waals surface area contributed by atoms with E-state index in [0.29, 0.717) is 24.4 Å². The molecule has 3 rings (SSSR count). The Balaban J connectivity index is 2.17. The summed E-state index contributed by atoms with van der Waals surface area (Å²) in [5.74, 6) is -0.673. The first kappa shape index (κ1) is 26.5. The topological polar surface area (TPSA) is 70.1 Å². The Morgan fingerprint density at radius 2 is 1.69 bits per heavy atom. The van der Waals surface area contributed by atoms with Crippen LogP contribution in [0.5, 0.6) is 5.75 Å².